The molecule has 3 aliphatic rings. The molecule has 1 aromatic carbocycles. The molecule has 1 unspecified atom stereocenters. The number of carbonyl (C=O) groups excluding carboxylic acids is 1. The van der Waals surface area contributed by atoms with Gasteiger partial charge in [-0.1, -0.05) is 30.7 Å². The summed E-state index contributed by atoms with van der Waals surface area (Å²) in [4.78, 5) is 15.3. The molecule has 1 saturated heterocycles. The van der Waals surface area contributed by atoms with Crippen molar-refractivity contribution in [1.29, 1.82) is 0 Å². The topological polar surface area (TPSA) is 29.5 Å². The molecular formula is C23H33NO2. The number of methoxy groups -OCH3 is 1. The van der Waals surface area contributed by atoms with Crippen molar-refractivity contribution in [1.82, 2.24) is 4.90 Å². The summed E-state index contributed by atoms with van der Waals surface area (Å²) in [5.41, 5.74) is 2.18. The van der Waals surface area contributed by atoms with Gasteiger partial charge in [0.05, 0.1) is 5.60 Å². The van der Waals surface area contributed by atoms with Crippen LogP contribution in [0.4, 0.5) is 0 Å². The van der Waals surface area contributed by atoms with Crippen LogP contribution in [0.2, 0.25) is 0 Å². The van der Waals surface area contributed by atoms with Gasteiger partial charge in [0.1, 0.15) is 5.78 Å². The first kappa shape index (κ1) is 18.2. The highest BCUT2D eigenvalue weighted by Crippen LogP contribution is 2.55. The Balaban J connectivity index is 1.76. The van der Waals surface area contributed by atoms with E-state index < -0.39 is 0 Å². The molecule has 0 spiro atoms. The molecule has 3 fully saturated rings. The van der Waals surface area contributed by atoms with Gasteiger partial charge in [-0.3, -0.25) is 9.69 Å². The lowest BCUT2D eigenvalue weighted by Crippen LogP contribution is -2.71. The number of nitrogens with zero attached hydrogens (tertiary/aromatic N) is 1. The number of hydrogen-bond acceptors (Lipinski definition) is 3. The zero-order valence-corrected chi connectivity index (χ0v) is 16.6. The van der Waals surface area contributed by atoms with Crippen LogP contribution in [0, 0.1) is 12.8 Å². The third-order valence-electron chi connectivity index (χ3n) is 7.87. The normalized spacial score (nSPS) is 35.8. The number of piperidine rings is 1. The average molecular weight is 356 g/mol. The molecule has 4 rings (SSSR count). The van der Waals surface area contributed by atoms with Gasteiger partial charge >= 0.3 is 0 Å². The summed E-state index contributed by atoms with van der Waals surface area (Å²) < 4.78 is 6.43. The van der Waals surface area contributed by atoms with E-state index >= 15 is 0 Å². The summed E-state index contributed by atoms with van der Waals surface area (Å²) >= 11 is 0. The van der Waals surface area contributed by atoms with Crippen molar-refractivity contribution >= 4 is 5.78 Å². The van der Waals surface area contributed by atoms with E-state index in [4.69, 9.17) is 4.74 Å². The van der Waals surface area contributed by atoms with Crippen LogP contribution in [0.3, 0.4) is 0 Å². The maximum absolute atomic E-state index is 12.6. The van der Waals surface area contributed by atoms with Crippen molar-refractivity contribution < 1.29 is 9.53 Å². The van der Waals surface area contributed by atoms with E-state index in [1.54, 1.807) is 0 Å². The average Bonchev–Trinajstić information content (AvgIpc) is 2.60. The van der Waals surface area contributed by atoms with E-state index in [1.807, 2.05) is 7.11 Å². The fourth-order valence-corrected chi connectivity index (χ4v) is 6.16. The third kappa shape index (κ3) is 2.58. The number of ketones is 1. The van der Waals surface area contributed by atoms with Crippen molar-refractivity contribution in [2.24, 2.45) is 5.92 Å². The quantitative estimate of drug-likeness (QED) is 0.808. The smallest absolute Gasteiger partial charge is 0.134 e. The van der Waals surface area contributed by atoms with E-state index in [1.165, 1.54) is 36.9 Å². The first-order valence-electron chi connectivity index (χ1n) is 10.4. The second-order valence-electron chi connectivity index (χ2n) is 8.92. The van der Waals surface area contributed by atoms with Crippen LogP contribution in [0.25, 0.3) is 0 Å². The fourth-order valence-electron chi connectivity index (χ4n) is 6.16. The number of carbonyl (C=O) groups is 1. The molecule has 26 heavy (non-hydrogen) atoms. The third-order valence-corrected chi connectivity index (χ3v) is 7.87. The van der Waals surface area contributed by atoms with Crippen LogP contribution in [-0.4, -0.2) is 42.5 Å². The summed E-state index contributed by atoms with van der Waals surface area (Å²) in [7, 11) is 1.88. The highest BCUT2D eigenvalue weighted by Gasteiger charge is 2.62. The highest BCUT2D eigenvalue weighted by atomic mass is 16.5. The molecule has 3 nitrogen and oxygen atoms in total. The fraction of sp³-hybridized carbons (Fsp3) is 0.696. The number of hydrogen-bond donors (Lipinski definition) is 0. The molecule has 1 aliphatic heterocycles. The molecule has 1 heterocycles. The van der Waals surface area contributed by atoms with E-state index in [0.29, 0.717) is 24.7 Å². The number of ether oxygens (including phenoxy) is 1. The number of likely N-dealkylation sites (tertiary alicyclic amines) is 1. The van der Waals surface area contributed by atoms with Crippen LogP contribution in [0.5, 0.6) is 0 Å². The van der Waals surface area contributed by atoms with Crippen molar-refractivity contribution in [3.05, 3.63) is 35.4 Å². The first-order valence-corrected chi connectivity index (χ1v) is 10.4. The Bertz CT molecular complexity index is 683. The van der Waals surface area contributed by atoms with Crippen molar-refractivity contribution in [2.75, 3.05) is 20.2 Å². The first-order chi connectivity index (χ1) is 12.5. The lowest BCUT2D eigenvalue weighted by molar-refractivity contribution is -0.180. The number of fused-ring (bicyclic) bond motifs is 1. The monoisotopic (exact) mass is 355 g/mol. The lowest BCUT2D eigenvalue weighted by atomic mass is 9.53. The van der Waals surface area contributed by atoms with Gasteiger partial charge < -0.3 is 4.74 Å². The molecule has 0 amide bonds. The number of aryl methyl sites for hydroxylation is 1. The van der Waals surface area contributed by atoms with Gasteiger partial charge in [0.2, 0.25) is 0 Å². The summed E-state index contributed by atoms with van der Waals surface area (Å²) in [6.45, 7) is 6.81. The Morgan fingerprint density at radius 1 is 1.23 bits per heavy atom. The molecule has 0 radical (unpaired) electrons. The Morgan fingerprint density at radius 3 is 2.65 bits per heavy atom. The van der Waals surface area contributed by atoms with Gasteiger partial charge in [0.15, 0.2) is 0 Å². The molecule has 2 aliphatic carbocycles. The maximum Gasteiger partial charge on any atom is 0.134 e. The van der Waals surface area contributed by atoms with Gasteiger partial charge in [-0.25, -0.2) is 0 Å². The Hall–Kier alpha value is -1.19. The lowest BCUT2D eigenvalue weighted by Gasteiger charge is -2.62. The number of Topliss-reactive ketones (excluding diaryl/α,β-unsaturated/α-hetero) is 1. The molecule has 3 heteroatoms. The van der Waals surface area contributed by atoms with E-state index in [-0.39, 0.29) is 11.0 Å². The molecule has 0 N–H and O–H groups in total. The summed E-state index contributed by atoms with van der Waals surface area (Å²) in [5.74, 6) is 1.27. The zero-order valence-electron chi connectivity index (χ0n) is 16.6. The Kier molecular flexibility index (Phi) is 4.73. The van der Waals surface area contributed by atoms with Crippen molar-refractivity contribution in [3.63, 3.8) is 0 Å². The molecular weight excluding hydrogens is 322 g/mol. The van der Waals surface area contributed by atoms with Gasteiger partial charge in [-0.2, -0.15) is 0 Å². The van der Waals surface area contributed by atoms with Gasteiger partial charge in [0.25, 0.3) is 0 Å². The molecule has 1 aromatic rings. The van der Waals surface area contributed by atoms with Gasteiger partial charge in [-0.15, -0.1) is 0 Å². The number of benzene rings is 1. The predicted molar refractivity (Wildman–Crippen MR) is 104 cm³/mol. The maximum atomic E-state index is 12.6. The van der Waals surface area contributed by atoms with Crippen LogP contribution in [0.1, 0.15) is 63.0 Å². The van der Waals surface area contributed by atoms with Crippen molar-refractivity contribution in [3.8, 4) is 0 Å². The second-order valence-corrected chi connectivity index (χ2v) is 8.92. The molecule has 2 saturated carbocycles. The standard InChI is InChI=1S/C23H33NO2/c1-17-7-4-5-10-21(17)22-13-14-24(16-19-8-6-9-19)18(2)23(22,26-3)12-11-20(25)15-22/h4-5,7,10,18-19H,6,8-9,11-16H2,1-3H3/t18?,22-,23-/m1/s1. The SMILES string of the molecule is CO[C@@]12CCC(=O)C[C@@]1(c1ccccc1C)CCN(CC1CCC1)C2C. The molecule has 142 valence electrons. The Morgan fingerprint density at radius 2 is 2.00 bits per heavy atom. The van der Waals surface area contributed by atoms with E-state index in [2.05, 4.69) is 43.0 Å². The van der Waals surface area contributed by atoms with Crippen LogP contribution < -0.4 is 0 Å². The number of rotatable bonds is 4. The Labute approximate surface area is 158 Å². The van der Waals surface area contributed by atoms with Crippen LogP contribution in [0.15, 0.2) is 24.3 Å². The summed E-state index contributed by atoms with van der Waals surface area (Å²) in [6, 6.07) is 9.01. The molecule has 3 atom stereocenters. The summed E-state index contributed by atoms with van der Waals surface area (Å²) in [6.07, 6.45) is 7.31. The minimum atomic E-state index is -0.269. The second kappa shape index (κ2) is 6.76. The molecule has 0 bridgehead atoms. The van der Waals surface area contributed by atoms with E-state index in [0.717, 1.165) is 25.3 Å². The molecule has 0 aromatic heterocycles. The zero-order chi connectivity index (χ0) is 18.4. The van der Waals surface area contributed by atoms with E-state index in [9.17, 15) is 4.79 Å². The van der Waals surface area contributed by atoms with Gasteiger partial charge in [-0.05, 0) is 63.1 Å². The summed E-state index contributed by atoms with van der Waals surface area (Å²) in [5, 5.41) is 0. The minimum Gasteiger partial charge on any atom is -0.376 e. The van der Waals surface area contributed by atoms with Crippen LogP contribution in [-0.2, 0) is 14.9 Å². The highest BCUT2D eigenvalue weighted by molar-refractivity contribution is 5.82. The predicted octanol–water partition coefficient (Wildman–Crippen LogP) is 4.27. The van der Waals surface area contributed by atoms with Crippen LogP contribution >= 0.6 is 0 Å². The minimum absolute atomic E-state index is 0.183. The van der Waals surface area contributed by atoms with Gasteiger partial charge in [0, 0.05) is 38.0 Å². The van der Waals surface area contributed by atoms with Crippen molar-refractivity contribution in [2.45, 2.75) is 75.9 Å². The largest absolute Gasteiger partial charge is 0.376 e.